The molecule has 0 bridgehead atoms. The maximum absolute atomic E-state index is 10.8. The van der Waals surface area contributed by atoms with Crippen LogP contribution in [0.1, 0.15) is 0 Å². The molecule has 0 aliphatic rings. The van der Waals surface area contributed by atoms with Crippen LogP contribution in [-0.4, -0.2) is 136 Å². The summed E-state index contributed by atoms with van der Waals surface area (Å²) < 4.78 is 30.5. The van der Waals surface area contributed by atoms with E-state index in [0.29, 0.717) is 0 Å². The molecular formula is C20H25N2NaO11S. The molecule has 0 aliphatic carbocycles. The maximum atomic E-state index is 10.8. The first-order valence-electron chi connectivity index (χ1n) is 9.56. The quantitative estimate of drug-likeness (QED) is 0.173. The Morgan fingerprint density at radius 3 is 1.37 bits per heavy atom. The summed E-state index contributed by atoms with van der Waals surface area (Å²) in [6, 6.07) is 11.9. The average Bonchev–Trinajstić information content (AvgIpc) is 2.69. The van der Waals surface area contributed by atoms with Crippen LogP contribution in [0.25, 0.3) is 10.8 Å². The summed E-state index contributed by atoms with van der Waals surface area (Å²) >= 11 is 0. The van der Waals surface area contributed by atoms with E-state index in [-0.39, 0.29) is 47.5 Å². The van der Waals surface area contributed by atoms with E-state index in [4.69, 9.17) is 25.0 Å². The van der Waals surface area contributed by atoms with Crippen molar-refractivity contribution >= 4 is 74.3 Å². The molecule has 188 valence electrons. The van der Waals surface area contributed by atoms with E-state index in [0.717, 1.165) is 20.6 Å². The number of hydrogen-bond acceptors (Lipinski definition) is 8. The van der Waals surface area contributed by atoms with Crippen molar-refractivity contribution in [2.75, 3.05) is 39.3 Å². The van der Waals surface area contributed by atoms with Gasteiger partial charge >= 0.3 is 53.4 Å². The van der Waals surface area contributed by atoms with Crippen molar-refractivity contribution in [2.24, 2.45) is 0 Å². The summed E-state index contributed by atoms with van der Waals surface area (Å²) in [7, 11) is -4.09. The number of carboxylic acid groups (broad SMARTS) is 4. The second-order valence-electron chi connectivity index (χ2n) is 6.98. The summed E-state index contributed by atoms with van der Waals surface area (Å²) in [6.45, 7) is -2.25. The monoisotopic (exact) mass is 524 g/mol. The van der Waals surface area contributed by atoms with Crippen LogP contribution >= 0.6 is 0 Å². The number of rotatable bonds is 12. The molecule has 0 saturated heterocycles. The number of fused-ring (bicyclic) bond motifs is 1. The van der Waals surface area contributed by atoms with Crippen molar-refractivity contribution in [3.63, 3.8) is 0 Å². The van der Waals surface area contributed by atoms with Crippen molar-refractivity contribution in [1.29, 1.82) is 0 Å². The van der Waals surface area contributed by atoms with Gasteiger partial charge in [0.1, 0.15) is 0 Å². The molecule has 0 saturated carbocycles. The Morgan fingerprint density at radius 2 is 1.03 bits per heavy atom. The molecule has 0 fully saturated rings. The molecule has 0 radical (unpaired) electrons. The van der Waals surface area contributed by atoms with Crippen molar-refractivity contribution in [3.8, 4) is 0 Å². The van der Waals surface area contributed by atoms with Gasteiger partial charge < -0.3 is 20.4 Å². The van der Waals surface area contributed by atoms with Crippen LogP contribution in [0.3, 0.4) is 0 Å². The van der Waals surface area contributed by atoms with Gasteiger partial charge in [0.15, 0.2) is 0 Å². The first-order chi connectivity index (χ1) is 15.8. The van der Waals surface area contributed by atoms with Gasteiger partial charge in [0.25, 0.3) is 10.1 Å². The summed E-state index contributed by atoms with van der Waals surface area (Å²) in [5, 5.41) is 36.2. The van der Waals surface area contributed by atoms with Gasteiger partial charge in [-0.2, -0.15) is 8.42 Å². The Bertz CT molecular complexity index is 1070. The molecule has 0 aliphatic heterocycles. The Hall–Kier alpha value is -2.59. The van der Waals surface area contributed by atoms with Gasteiger partial charge in [-0.15, -0.1) is 0 Å². The fourth-order valence-electron chi connectivity index (χ4n) is 2.80. The molecule has 2 rings (SSSR count). The van der Waals surface area contributed by atoms with Crippen molar-refractivity contribution in [3.05, 3.63) is 42.5 Å². The molecule has 13 nitrogen and oxygen atoms in total. The predicted molar refractivity (Wildman–Crippen MR) is 124 cm³/mol. The number of carbonyl (C=O) groups is 4. The molecule has 0 atom stereocenters. The third kappa shape index (κ3) is 13.8. The van der Waals surface area contributed by atoms with E-state index in [1.807, 2.05) is 18.2 Å². The van der Waals surface area contributed by atoms with E-state index in [9.17, 15) is 27.6 Å². The minimum absolute atomic E-state index is 0. The van der Waals surface area contributed by atoms with Crippen LogP contribution in [0, 0.1) is 0 Å². The van der Waals surface area contributed by atoms with Crippen molar-refractivity contribution < 1.29 is 52.6 Å². The molecule has 0 amide bonds. The molecule has 5 N–H and O–H groups in total. The van der Waals surface area contributed by atoms with E-state index in [1.54, 1.807) is 12.1 Å². The summed E-state index contributed by atoms with van der Waals surface area (Å²) in [5.41, 5.74) is 0. The van der Waals surface area contributed by atoms with Gasteiger partial charge in [-0.3, -0.25) is 33.5 Å². The van der Waals surface area contributed by atoms with Crippen LogP contribution in [0.2, 0.25) is 0 Å². The first-order valence-corrected chi connectivity index (χ1v) is 11.0. The van der Waals surface area contributed by atoms with Crippen LogP contribution in [0.15, 0.2) is 47.4 Å². The molecule has 2 aromatic rings. The third-order valence-corrected chi connectivity index (χ3v) is 5.04. The number of aliphatic carboxylic acids is 4. The van der Waals surface area contributed by atoms with Crippen molar-refractivity contribution in [1.82, 2.24) is 9.80 Å². The van der Waals surface area contributed by atoms with E-state index in [1.165, 1.54) is 12.1 Å². The fraction of sp³-hybridized carbons (Fsp3) is 0.300. The third-order valence-electron chi connectivity index (χ3n) is 4.19. The fourth-order valence-corrected chi connectivity index (χ4v) is 3.32. The first kappa shape index (κ1) is 32.4. The molecule has 0 spiro atoms. The Labute approximate surface area is 222 Å². The van der Waals surface area contributed by atoms with Gasteiger partial charge in [-0.25, -0.2) is 0 Å². The zero-order chi connectivity index (χ0) is 25.9. The molecule has 2 aromatic carbocycles. The topological polar surface area (TPSA) is 210 Å². The van der Waals surface area contributed by atoms with Crippen molar-refractivity contribution in [2.45, 2.75) is 4.90 Å². The molecule has 35 heavy (non-hydrogen) atoms. The normalized spacial score (nSPS) is 10.8. The second-order valence-corrected chi connectivity index (χ2v) is 8.40. The molecule has 15 heteroatoms. The minimum atomic E-state index is -4.09. The molecule has 0 heterocycles. The van der Waals surface area contributed by atoms with E-state index >= 15 is 0 Å². The zero-order valence-electron chi connectivity index (χ0n) is 17.8. The van der Waals surface area contributed by atoms with Gasteiger partial charge in [0.2, 0.25) is 0 Å². The number of nitrogens with zero attached hydrogens (tertiary/aromatic N) is 2. The van der Waals surface area contributed by atoms with Crippen LogP contribution < -0.4 is 0 Å². The van der Waals surface area contributed by atoms with Crippen LogP contribution in [0.4, 0.5) is 0 Å². The van der Waals surface area contributed by atoms with E-state index in [2.05, 4.69) is 0 Å². The molecular weight excluding hydrogens is 499 g/mol. The Balaban J connectivity index is 0.000000674. The van der Waals surface area contributed by atoms with Gasteiger partial charge in [-0.1, -0.05) is 30.3 Å². The number of carboxylic acids is 4. The average molecular weight is 524 g/mol. The summed E-state index contributed by atoms with van der Waals surface area (Å²) in [6.07, 6.45) is 0. The van der Waals surface area contributed by atoms with E-state index < -0.39 is 60.2 Å². The standard InChI is InChI=1S/C10H16N2O8.C10H8O3S.Na.H/c13-7(14)3-11(4-8(15)16)1-2-12(5-9(17)18)6-10(19)20;11-14(12,13)10-6-5-8-3-1-2-4-9(8)7-10;;/h1-6H2,(H,13,14)(H,15,16)(H,17,18)(H,19,20);1-7H,(H,11,12,13);;. The van der Waals surface area contributed by atoms with Crippen LogP contribution in [-0.2, 0) is 29.3 Å². The van der Waals surface area contributed by atoms with Gasteiger partial charge in [0.05, 0.1) is 31.1 Å². The molecule has 0 aromatic heterocycles. The van der Waals surface area contributed by atoms with Gasteiger partial charge in [-0.05, 0) is 22.9 Å². The number of benzene rings is 2. The summed E-state index contributed by atoms with van der Waals surface area (Å²) in [4.78, 5) is 44.3. The van der Waals surface area contributed by atoms with Crippen LogP contribution in [0.5, 0.6) is 0 Å². The Kier molecular flexibility index (Phi) is 14.3. The Morgan fingerprint density at radius 1 is 0.657 bits per heavy atom. The summed E-state index contributed by atoms with van der Waals surface area (Å²) in [5.74, 6) is -4.91. The molecule has 0 unspecified atom stereocenters. The predicted octanol–water partition coefficient (Wildman–Crippen LogP) is -0.633. The zero-order valence-corrected chi connectivity index (χ0v) is 18.6. The number of hydrogen-bond donors (Lipinski definition) is 5. The second kappa shape index (κ2) is 15.4. The SMILES string of the molecule is O=C(O)CN(CCN(CC(=O)O)CC(=O)O)CC(=O)O.O=S(=O)(O)c1ccc2ccccc2c1.[NaH]. The van der Waals surface area contributed by atoms with Gasteiger partial charge in [0, 0.05) is 13.1 Å².